The number of aliphatic hydroxyl groups excluding tert-OH is 1. The standard InChI is InChI=1S/C12H16O5/c1-12(16,11(14)15)10(13)8-17-7-9-5-3-2-4-6-9/h2-6,10,13,16H,7-8H2,1H3,(H,14,15)/t10-,12?/m1/s1. The molecule has 3 N–H and O–H groups in total. The van der Waals surface area contributed by atoms with Crippen molar-refractivity contribution in [3.8, 4) is 0 Å². The van der Waals surface area contributed by atoms with E-state index in [0.717, 1.165) is 12.5 Å². The number of hydrogen-bond acceptors (Lipinski definition) is 4. The van der Waals surface area contributed by atoms with Crippen LogP contribution >= 0.6 is 0 Å². The fourth-order valence-electron chi connectivity index (χ4n) is 1.17. The third kappa shape index (κ3) is 3.81. The summed E-state index contributed by atoms with van der Waals surface area (Å²) in [5.74, 6) is -1.48. The topological polar surface area (TPSA) is 87.0 Å². The van der Waals surface area contributed by atoms with Gasteiger partial charge in [0.25, 0.3) is 0 Å². The average molecular weight is 240 g/mol. The molecule has 0 fully saturated rings. The number of aliphatic hydroxyl groups is 2. The lowest BCUT2D eigenvalue weighted by molar-refractivity contribution is -0.173. The molecule has 17 heavy (non-hydrogen) atoms. The van der Waals surface area contributed by atoms with Gasteiger partial charge in [0.05, 0.1) is 13.2 Å². The first-order chi connectivity index (χ1) is 7.94. The summed E-state index contributed by atoms with van der Waals surface area (Å²) in [7, 11) is 0. The van der Waals surface area contributed by atoms with E-state index < -0.39 is 17.7 Å². The van der Waals surface area contributed by atoms with E-state index in [4.69, 9.17) is 9.84 Å². The highest BCUT2D eigenvalue weighted by Crippen LogP contribution is 2.11. The summed E-state index contributed by atoms with van der Waals surface area (Å²) in [6, 6.07) is 9.27. The Hall–Kier alpha value is -1.43. The molecule has 0 spiro atoms. The highest BCUT2D eigenvalue weighted by molar-refractivity contribution is 5.77. The molecule has 1 aromatic rings. The lowest BCUT2D eigenvalue weighted by Gasteiger charge is -2.24. The number of carbonyl (C=O) groups is 1. The van der Waals surface area contributed by atoms with Crippen LogP contribution in [0.4, 0.5) is 0 Å². The van der Waals surface area contributed by atoms with Gasteiger partial charge in [-0.2, -0.15) is 0 Å². The van der Waals surface area contributed by atoms with E-state index >= 15 is 0 Å². The van der Waals surface area contributed by atoms with Gasteiger partial charge >= 0.3 is 5.97 Å². The minimum Gasteiger partial charge on any atom is -0.479 e. The molecule has 5 heteroatoms. The summed E-state index contributed by atoms with van der Waals surface area (Å²) in [5.41, 5.74) is -1.29. The van der Waals surface area contributed by atoms with Gasteiger partial charge in [-0.05, 0) is 12.5 Å². The molecule has 0 heterocycles. The van der Waals surface area contributed by atoms with E-state index in [1.807, 2.05) is 30.3 Å². The Morgan fingerprint density at radius 1 is 1.41 bits per heavy atom. The van der Waals surface area contributed by atoms with Crippen molar-refractivity contribution in [1.82, 2.24) is 0 Å². The number of aliphatic carboxylic acids is 1. The summed E-state index contributed by atoms with van der Waals surface area (Å²) in [5, 5.41) is 27.6. The molecular weight excluding hydrogens is 224 g/mol. The van der Waals surface area contributed by atoms with Crippen molar-refractivity contribution < 1.29 is 24.9 Å². The Labute approximate surface area is 99.3 Å². The van der Waals surface area contributed by atoms with Crippen LogP contribution in [0.25, 0.3) is 0 Å². The zero-order chi connectivity index (χ0) is 12.9. The van der Waals surface area contributed by atoms with Gasteiger partial charge in [-0.1, -0.05) is 30.3 Å². The molecule has 0 saturated carbocycles. The fourth-order valence-corrected chi connectivity index (χ4v) is 1.17. The molecule has 94 valence electrons. The van der Waals surface area contributed by atoms with Crippen LogP contribution in [0.3, 0.4) is 0 Å². The Morgan fingerprint density at radius 3 is 2.53 bits per heavy atom. The first kappa shape index (κ1) is 13.6. The molecule has 0 amide bonds. The number of rotatable bonds is 6. The monoisotopic (exact) mass is 240 g/mol. The summed E-state index contributed by atoms with van der Waals surface area (Å²) < 4.78 is 5.14. The van der Waals surface area contributed by atoms with Gasteiger partial charge in [-0.15, -0.1) is 0 Å². The van der Waals surface area contributed by atoms with Gasteiger partial charge in [-0.25, -0.2) is 4.79 Å². The van der Waals surface area contributed by atoms with Crippen molar-refractivity contribution in [3.05, 3.63) is 35.9 Å². The average Bonchev–Trinajstić information content (AvgIpc) is 2.30. The van der Waals surface area contributed by atoms with Crippen molar-refractivity contribution >= 4 is 5.97 Å². The Kier molecular flexibility index (Phi) is 4.62. The van der Waals surface area contributed by atoms with Crippen LogP contribution in [0.1, 0.15) is 12.5 Å². The number of hydrogen-bond donors (Lipinski definition) is 3. The third-order valence-electron chi connectivity index (χ3n) is 2.47. The third-order valence-corrected chi connectivity index (χ3v) is 2.47. The minimum atomic E-state index is -2.20. The molecule has 2 atom stereocenters. The van der Waals surface area contributed by atoms with Crippen LogP contribution < -0.4 is 0 Å². The Morgan fingerprint density at radius 2 is 2.00 bits per heavy atom. The van der Waals surface area contributed by atoms with E-state index in [1.165, 1.54) is 0 Å². The second-order valence-electron chi connectivity index (χ2n) is 3.97. The molecule has 0 aliphatic heterocycles. The first-order valence-electron chi connectivity index (χ1n) is 5.20. The molecule has 0 radical (unpaired) electrons. The molecule has 0 aliphatic rings. The van der Waals surface area contributed by atoms with E-state index in [0.29, 0.717) is 0 Å². The molecule has 5 nitrogen and oxygen atoms in total. The Balaban J connectivity index is 2.39. The SMILES string of the molecule is CC(O)(C(=O)O)[C@H](O)COCc1ccccc1. The fraction of sp³-hybridized carbons (Fsp3) is 0.417. The predicted molar refractivity (Wildman–Crippen MR) is 60.4 cm³/mol. The van der Waals surface area contributed by atoms with Crippen molar-refractivity contribution in [2.75, 3.05) is 6.61 Å². The number of carboxylic acids is 1. The molecule has 1 unspecified atom stereocenters. The van der Waals surface area contributed by atoms with Crippen molar-refractivity contribution in [2.45, 2.75) is 25.2 Å². The molecule has 0 aromatic heterocycles. The van der Waals surface area contributed by atoms with Gasteiger partial charge in [0.2, 0.25) is 0 Å². The summed E-state index contributed by atoms with van der Waals surface area (Å²) in [6.45, 7) is 1.05. The van der Waals surface area contributed by atoms with Crippen molar-refractivity contribution in [3.63, 3.8) is 0 Å². The predicted octanol–water partition coefficient (Wildman–Crippen LogP) is 0.400. The first-order valence-corrected chi connectivity index (χ1v) is 5.20. The molecule has 1 rings (SSSR count). The van der Waals surface area contributed by atoms with Crippen LogP contribution in [0.2, 0.25) is 0 Å². The van der Waals surface area contributed by atoms with Crippen molar-refractivity contribution in [1.29, 1.82) is 0 Å². The second kappa shape index (κ2) is 5.77. The smallest absolute Gasteiger partial charge is 0.338 e. The van der Waals surface area contributed by atoms with E-state index in [9.17, 15) is 15.0 Å². The maximum Gasteiger partial charge on any atom is 0.338 e. The van der Waals surface area contributed by atoms with Crippen LogP contribution in [0, 0.1) is 0 Å². The maximum atomic E-state index is 10.6. The number of carboxylic acid groups (broad SMARTS) is 1. The van der Waals surface area contributed by atoms with E-state index in [2.05, 4.69) is 0 Å². The van der Waals surface area contributed by atoms with Gasteiger partial charge in [0, 0.05) is 0 Å². The lowest BCUT2D eigenvalue weighted by Crippen LogP contribution is -2.48. The van der Waals surface area contributed by atoms with Crippen LogP contribution in [0.5, 0.6) is 0 Å². The molecular formula is C12H16O5. The summed E-state index contributed by atoms with van der Waals surface area (Å²) >= 11 is 0. The largest absolute Gasteiger partial charge is 0.479 e. The van der Waals surface area contributed by atoms with Gasteiger partial charge in [0.1, 0.15) is 6.10 Å². The van der Waals surface area contributed by atoms with Gasteiger partial charge in [-0.3, -0.25) is 0 Å². The summed E-state index contributed by atoms with van der Waals surface area (Å²) in [6.07, 6.45) is -1.47. The van der Waals surface area contributed by atoms with Crippen LogP contribution in [-0.2, 0) is 16.1 Å². The highest BCUT2D eigenvalue weighted by Gasteiger charge is 2.38. The maximum absolute atomic E-state index is 10.6. The lowest BCUT2D eigenvalue weighted by atomic mass is 10.0. The minimum absolute atomic E-state index is 0.242. The van der Waals surface area contributed by atoms with Gasteiger partial charge < -0.3 is 20.1 Å². The zero-order valence-corrected chi connectivity index (χ0v) is 9.54. The number of ether oxygens (including phenoxy) is 1. The van der Waals surface area contributed by atoms with E-state index in [-0.39, 0.29) is 13.2 Å². The second-order valence-corrected chi connectivity index (χ2v) is 3.97. The van der Waals surface area contributed by atoms with Gasteiger partial charge in [0.15, 0.2) is 5.60 Å². The van der Waals surface area contributed by atoms with Crippen LogP contribution in [0.15, 0.2) is 30.3 Å². The molecule has 0 saturated heterocycles. The molecule has 1 aromatic carbocycles. The van der Waals surface area contributed by atoms with Crippen molar-refractivity contribution in [2.24, 2.45) is 0 Å². The van der Waals surface area contributed by atoms with Crippen LogP contribution in [-0.4, -0.2) is 39.6 Å². The number of benzene rings is 1. The molecule has 0 bridgehead atoms. The summed E-state index contributed by atoms with van der Waals surface area (Å²) in [4.78, 5) is 10.6. The zero-order valence-electron chi connectivity index (χ0n) is 9.54. The van der Waals surface area contributed by atoms with E-state index in [1.54, 1.807) is 0 Å². The highest BCUT2D eigenvalue weighted by atomic mass is 16.5. The normalized spacial score (nSPS) is 16.2. The molecule has 0 aliphatic carbocycles. The Bertz CT molecular complexity index is 360. The quantitative estimate of drug-likeness (QED) is 0.670.